The fourth-order valence-corrected chi connectivity index (χ4v) is 2.31. The molecular formula is C17H24ClNO3. The van der Waals surface area contributed by atoms with Crippen molar-refractivity contribution in [3.8, 4) is 11.5 Å². The first-order valence-electron chi connectivity index (χ1n) is 7.79. The van der Waals surface area contributed by atoms with Crippen LogP contribution < -0.4 is 14.8 Å². The van der Waals surface area contributed by atoms with Gasteiger partial charge in [0.2, 0.25) is 0 Å². The third-order valence-electron chi connectivity index (χ3n) is 3.68. The summed E-state index contributed by atoms with van der Waals surface area (Å²) in [6, 6.07) is 3.32. The molecule has 1 aromatic rings. The highest BCUT2D eigenvalue weighted by atomic mass is 35.5. The summed E-state index contributed by atoms with van der Waals surface area (Å²) in [4.78, 5) is 12.1. The van der Waals surface area contributed by atoms with Crippen LogP contribution in [0.1, 0.15) is 43.5 Å². The van der Waals surface area contributed by atoms with Gasteiger partial charge in [0.15, 0.2) is 11.5 Å². The fraction of sp³-hybridized carbons (Fsp3) is 0.588. The molecule has 0 saturated heterocycles. The highest BCUT2D eigenvalue weighted by Gasteiger charge is 2.22. The number of hydrogen-bond donors (Lipinski definition) is 1. The molecule has 1 aliphatic rings. The lowest BCUT2D eigenvalue weighted by Crippen LogP contribution is -2.25. The predicted molar refractivity (Wildman–Crippen MR) is 88.0 cm³/mol. The van der Waals surface area contributed by atoms with E-state index in [4.69, 9.17) is 21.1 Å². The van der Waals surface area contributed by atoms with Gasteiger partial charge in [-0.05, 0) is 43.2 Å². The van der Waals surface area contributed by atoms with Crippen LogP contribution >= 0.6 is 11.6 Å². The summed E-state index contributed by atoms with van der Waals surface area (Å²) < 4.78 is 11.0. The molecule has 0 aromatic heterocycles. The maximum atomic E-state index is 12.1. The summed E-state index contributed by atoms with van der Waals surface area (Å²) in [5, 5.41) is 3.33. The quantitative estimate of drug-likeness (QED) is 0.788. The van der Waals surface area contributed by atoms with Gasteiger partial charge >= 0.3 is 0 Å². The summed E-state index contributed by atoms with van der Waals surface area (Å²) in [5.74, 6) is 2.06. The molecule has 0 radical (unpaired) electrons. The van der Waals surface area contributed by atoms with Gasteiger partial charge in [0, 0.05) is 12.1 Å². The molecule has 0 unspecified atom stereocenters. The molecule has 1 amide bonds. The molecule has 0 spiro atoms. The van der Waals surface area contributed by atoms with Gasteiger partial charge in [0.05, 0.1) is 18.7 Å². The fourth-order valence-electron chi connectivity index (χ4n) is 2.05. The maximum Gasteiger partial charge on any atom is 0.251 e. The van der Waals surface area contributed by atoms with Gasteiger partial charge < -0.3 is 14.8 Å². The molecule has 22 heavy (non-hydrogen) atoms. The number of rotatable bonds is 8. The van der Waals surface area contributed by atoms with E-state index >= 15 is 0 Å². The smallest absolute Gasteiger partial charge is 0.251 e. The van der Waals surface area contributed by atoms with E-state index in [1.807, 2.05) is 0 Å². The van der Waals surface area contributed by atoms with E-state index in [0.29, 0.717) is 40.5 Å². The van der Waals surface area contributed by atoms with Crippen molar-refractivity contribution >= 4 is 17.5 Å². The summed E-state index contributed by atoms with van der Waals surface area (Å²) >= 11 is 6.26. The van der Waals surface area contributed by atoms with Crippen LogP contribution in [0.2, 0.25) is 5.02 Å². The van der Waals surface area contributed by atoms with Gasteiger partial charge in [0.1, 0.15) is 0 Å². The topological polar surface area (TPSA) is 47.6 Å². The highest BCUT2D eigenvalue weighted by Crippen LogP contribution is 2.36. The Hall–Kier alpha value is -1.42. The van der Waals surface area contributed by atoms with E-state index in [0.717, 1.165) is 13.0 Å². The van der Waals surface area contributed by atoms with Crippen LogP contribution in [-0.4, -0.2) is 26.2 Å². The minimum absolute atomic E-state index is 0.124. The maximum absolute atomic E-state index is 12.1. The van der Waals surface area contributed by atoms with Crippen molar-refractivity contribution in [3.05, 3.63) is 22.7 Å². The highest BCUT2D eigenvalue weighted by molar-refractivity contribution is 6.32. The average Bonchev–Trinajstić information content (AvgIpc) is 3.29. The summed E-state index contributed by atoms with van der Waals surface area (Å²) in [5.41, 5.74) is 0.499. The molecule has 1 aromatic carbocycles. The van der Waals surface area contributed by atoms with Crippen molar-refractivity contribution in [1.29, 1.82) is 0 Å². The molecule has 0 aliphatic heterocycles. The lowest BCUT2D eigenvalue weighted by Gasteiger charge is -2.15. The van der Waals surface area contributed by atoms with Crippen molar-refractivity contribution in [3.63, 3.8) is 0 Å². The van der Waals surface area contributed by atoms with E-state index in [1.165, 1.54) is 12.8 Å². The molecule has 1 aliphatic carbocycles. The number of ether oxygens (including phenoxy) is 2. The first-order chi connectivity index (χ1) is 10.5. The second-order valence-electron chi connectivity index (χ2n) is 6.17. The molecule has 0 bridgehead atoms. The number of hydrogen-bond acceptors (Lipinski definition) is 3. The zero-order valence-corrected chi connectivity index (χ0v) is 14.2. The van der Waals surface area contributed by atoms with Crippen LogP contribution in [0.5, 0.6) is 11.5 Å². The Bertz CT molecular complexity index is 527. The number of benzene rings is 1. The average molecular weight is 326 g/mol. The molecule has 1 fully saturated rings. The molecular weight excluding hydrogens is 302 g/mol. The second-order valence-corrected chi connectivity index (χ2v) is 6.58. The molecule has 122 valence electrons. The lowest BCUT2D eigenvalue weighted by atomic mass is 10.1. The third kappa shape index (κ3) is 4.80. The van der Waals surface area contributed by atoms with E-state index in [-0.39, 0.29) is 5.91 Å². The summed E-state index contributed by atoms with van der Waals surface area (Å²) in [6.07, 6.45) is 3.34. The molecule has 2 rings (SSSR count). The van der Waals surface area contributed by atoms with Crippen LogP contribution in [0.3, 0.4) is 0 Å². The van der Waals surface area contributed by atoms with Gasteiger partial charge in [-0.25, -0.2) is 0 Å². The van der Waals surface area contributed by atoms with Crippen molar-refractivity contribution in [1.82, 2.24) is 5.32 Å². The molecule has 5 heteroatoms. The monoisotopic (exact) mass is 325 g/mol. The van der Waals surface area contributed by atoms with Crippen molar-refractivity contribution < 1.29 is 14.3 Å². The summed E-state index contributed by atoms with van der Waals surface area (Å²) in [6.45, 7) is 5.57. The zero-order chi connectivity index (χ0) is 16.1. The van der Waals surface area contributed by atoms with Crippen LogP contribution in [0.25, 0.3) is 0 Å². The van der Waals surface area contributed by atoms with Gasteiger partial charge in [-0.1, -0.05) is 25.4 Å². The minimum Gasteiger partial charge on any atom is -0.493 e. The Morgan fingerprint density at radius 1 is 1.41 bits per heavy atom. The Balaban J connectivity index is 2.06. The van der Waals surface area contributed by atoms with E-state index in [1.54, 1.807) is 19.2 Å². The normalized spacial score (nSPS) is 14.0. The van der Waals surface area contributed by atoms with Crippen molar-refractivity contribution in [2.75, 3.05) is 20.3 Å². The van der Waals surface area contributed by atoms with Gasteiger partial charge in [0.25, 0.3) is 5.91 Å². The molecule has 0 atom stereocenters. The third-order valence-corrected chi connectivity index (χ3v) is 3.96. The standard InChI is InChI=1S/C17H24ClNO3/c1-11(2)6-7-22-16-14(18)8-13(9-15(16)21-3)17(20)19-10-12-4-5-12/h8-9,11-12H,4-7,10H2,1-3H3,(H,19,20). The van der Waals surface area contributed by atoms with E-state index in [9.17, 15) is 4.79 Å². The van der Waals surface area contributed by atoms with Crippen LogP contribution in [0, 0.1) is 11.8 Å². The first kappa shape index (κ1) is 16.9. The van der Waals surface area contributed by atoms with Crippen LogP contribution in [0.4, 0.5) is 0 Å². The number of halogens is 1. The Morgan fingerprint density at radius 2 is 2.14 bits per heavy atom. The van der Waals surface area contributed by atoms with Gasteiger partial charge in [-0.2, -0.15) is 0 Å². The van der Waals surface area contributed by atoms with Gasteiger partial charge in [-0.15, -0.1) is 0 Å². The molecule has 4 nitrogen and oxygen atoms in total. The van der Waals surface area contributed by atoms with Crippen molar-refractivity contribution in [2.24, 2.45) is 11.8 Å². The molecule has 1 saturated carbocycles. The Morgan fingerprint density at radius 3 is 2.73 bits per heavy atom. The molecule has 0 heterocycles. The van der Waals surface area contributed by atoms with Crippen LogP contribution in [0.15, 0.2) is 12.1 Å². The number of nitrogens with one attached hydrogen (secondary N) is 1. The Labute approximate surface area is 137 Å². The minimum atomic E-state index is -0.124. The van der Waals surface area contributed by atoms with Crippen molar-refractivity contribution in [2.45, 2.75) is 33.1 Å². The first-order valence-corrected chi connectivity index (χ1v) is 8.17. The number of amides is 1. The van der Waals surface area contributed by atoms with Crippen LogP contribution in [-0.2, 0) is 0 Å². The largest absolute Gasteiger partial charge is 0.493 e. The van der Waals surface area contributed by atoms with Gasteiger partial charge in [-0.3, -0.25) is 4.79 Å². The number of methoxy groups -OCH3 is 1. The lowest BCUT2D eigenvalue weighted by molar-refractivity contribution is 0.0951. The molecule has 1 N–H and O–H groups in total. The van der Waals surface area contributed by atoms with E-state index in [2.05, 4.69) is 19.2 Å². The summed E-state index contributed by atoms with van der Waals surface area (Å²) in [7, 11) is 1.55. The predicted octanol–water partition coefficient (Wildman–Crippen LogP) is 3.91. The Kier molecular flexibility index (Phi) is 5.95. The number of carbonyl (C=O) groups is 1. The van der Waals surface area contributed by atoms with E-state index < -0.39 is 0 Å². The SMILES string of the molecule is COc1cc(C(=O)NCC2CC2)cc(Cl)c1OCCC(C)C. The second kappa shape index (κ2) is 7.73. The zero-order valence-electron chi connectivity index (χ0n) is 13.4. The number of carbonyl (C=O) groups excluding carboxylic acids is 1.